The fraction of sp³-hybridized carbons (Fsp3) is 1.00. The molecule has 0 bridgehead atoms. The van der Waals surface area contributed by atoms with Gasteiger partial charge in [-0.25, -0.2) is 0 Å². The Hall–Kier alpha value is -0.0800. The summed E-state index contributed by atoms with van der Waals surface area (Å²) >= 11 is 0. The maximum Gasteiger partial charge on any atom is 0.0108 e. The molecule has 2 heteroatoms. The predicted octanol–water partition coefficient (Wildman–Crippen LogP) is 2.88. The molecule has 17 heavy (non-hydrogen) atoms. The van der Waals surface area contributed by atoms with Crippen molar-refractivity contribution in [1.82, 2.24) is 10.2 Å². The summed E-state index contributed by atoms with van der Waals surface area (Å²) in [6.07, 6.45) is 5.60. The molecule has 1 saturated carbocycles. The zero-order valence-electron chi connectivity index (χ0n) is 12.1. The third kappa shape index (κ3) is 3.69. The molecule has 0 radical (unpaired) electrons. The van der Waals surface area contributed by atoms with Crippen molar-refractivity contribution in [2.45, 2.75) is 71.5 Å². The van der Waals surface area contributed by atoms with Crippen LogP contribution in [0.4, 0.5) is 0 Å². The molecule has 0 amide bonds. The van der Waals surface area contributed by atoms with Gasteiger partial charge in [0.15, 0.2) is 0 Å². The molecule has 2 aliphatic rings. The zero-order valence-corrected chi connectivity index (χ0v) is 12.1. The lowest BCUT2D eigenvalue weighted by molar-refractivity contribution is 0.0594. The van der Waals surface area contributed by atoms with Gasteiger partial charge in [-0.1, -0.05) is 13.8 Å². The second kappa shape index (κ2) is 5.71. The van der Waals surface area contributed by atoms with E-state index in [9.17, 15) is 0 Å². The van der Waals surface area contributed by atoms with Crippen LogP contribution in [-0.4, -0.2) is 36.1 Å². The summed E-state index contributed by atoms with van der Waals surface area (Å²) in [5.74, 6) is 1.65. The van der Waals surface area contributed by atoms with Gasteiger partial charge >= 0.3 is 0 Å². The molecule has 0 aromatic heterocycles. The second-order valence-corrected chi connectivity index (χ2v) is 6.63. The van der Waals surface area contributed by atoms with E-state index in [4.69, 9.17) is 0 Å². The third-order valence-corrected chi connectivity index (χ3v) is 4.82. The molecule has 4 unspecified atom stereocenters. The van der Waals surface area contributed by atoms with Gasteiger partial charge in [-0.05, 0) is 57.9 Å². The molecule has 4 atom stereocenters. The van der Waals surface area contributed by atoms with Crippen LogP contribution in [0.1, 0.15) is 53.4 Å². The van der Waals surface area contributed by atoms with E-state index in [0.29, 0.717) is 0 Å². The summed E-state index contributed by atoms with van der Waals surface area (Å²) in [4.78, 5) is 2.74. The highest BCUT2D eigenvalue weighted by molar-refractivity contribution is 4.86. The first-order valence-corrected chi connectivity index (χ1v) is 7.57. The standard InChI is InChI=1S/C15H30N2/c1-11-5-6-13(3)17(10-11)14(4)12(2)9-16-15-7-8-15/h11-16H,5-10H2,1-4H3. The lowest BCUT2D eigenvalue weighted by Gasteiger charge is -2.43. The van der Waals surface area contributed by atoms with Crippen LogP contribution < -0.4 is 5.32 Å². The van der Waals surface area contributed by atoms with E-state index < -0.39 is 0 Å². The Bertz CT molecular complexity index is 237. The van der Waals surface area contributed by atoms with Gasteiger partial charge in [-0.15, -0.1) is 0 Å². The SMILES string of the molecule is CC1CCC(C)N(C(C)C(C)CNC2CC2)C1. The number of piperidine rings is 1. The molecule has 2 rings (SSSR count). The monoisotopic (exact) mass is 238 g/mol. The first-order chi connectivity index (χ1) is 8.08. The maximum absolute atomic E-state index is 3.68. The second-order valence-electron chi connectivity index (χ2n) is 6.63. The normalized spacial score (nSPS) is 34.6. The zero-order chi connectivity index (χ0) is 12.4. The molecular weight excluding hydrogens is 208 g/mol. The van der Waals surface area contributed by atoms with E-state index in [0.717, 1.165) is 30.0 Å². The molecule has 1 N–H and O–H groups in total. The van der Waals surface area contributed by atoms with Crippen LogP contribution in [0.2, 0.25) is 0 Å². The predicted molar refractivity (Wildman–Crippen MR) is 74.2 cm³/mol. The van der Waals surface area contributed by atoms with Gasteiger partial charge < -0.3 is 5.32 Å². The smallest absolute Gasteiger partial charge is 0.0108 e. The summed E-state index contributed by atoms with van der Waals surface area (Å²) in [5, 5.41) is 3.68. The van der Waals surface area contributed by atoms with Crippen LogP contribution in [0.15, 0.2) is 0 Å². The van der Waals surface area contributed by atoms with Crippen molar-refractivity contribution in [3.05, 3.63) is 0 Å². The molecule has 2 fully saturated rings. The molecule has 1 aliphatic carbocycles. The number of hydrogen-bond acceptors (Lipinski definition) is 2. The number of likely N-dealkylation sites (tertiary alicyclic amines) is 1. The molecule has 0 spiro atoms. The van der Waals surface area contributed by atoms with Crippen molar-refractivity contribution in [3.8, 4) is 0 Å². The van der Waals surface area contributed by atoms with Gasteiger partial charge in [0.1, 0.15) is 0 Å². The summed E-state index contributed by atoms with van der Waals surface area (Å²) in [5.41, 5.74) is 0. The van der Waals surface area contributed by atoms with Crippen LogP contribution >= 0.6 is 0 Å². The van der Waals surface area contributed by atoms with Gasteiger partial charge in [0, 0.05) is 24.7 Å². The average Bonchev–Trinajstić information content (AvgIpc) is 3.12. The van der Waals surface area contributed by atoms with E-state index in [-0.39, 0.29) is 0 Å². The highest BCUT2D eigenvalue weighted by atomic mass is 15.2. The van der Waals surface area contributed by atoms with Crippen LogP contribution in [0.25, 0.3) is 0 Å². The molecule has 1 saturated heterocycles. The first kappa shape index (κ1) is 13.4. The van der Waals surface area contributed by atoms with Crippen molar-refractivity contribution in [3.63, 3.8) is 0 Å². The fourth-order valence-electron chi connectivity index (χ4n) is 3.03. The minimum Gasteiger partial charge on any atom is -0.314 e. The Morgan fingerprint density at radius 3 is 2.47 bits per heavy atom. The lowest BCUT2D eigenvalue weighted by Crippen LogP contribution is -2.50. The van der Waals surface area contributed by atoms with Crippen molar-refractivity contribution in [1.29, 1.82) is 0 Å². The van der Waals surface area contributed by atoms with Crippen molar-refractivity contribution in [2.75, 3.05) is 13.1 Å². The maximum atomic E-state index is 3.68. The lowest BCUT2D eigenvalue weighted by atomic mass is 9.90. The van der Waals surface area contributed by atoms with Crippen LogP contribution in [0.3, 0.4) is 0 Å². The molecule has 100 valence electrons. The minimum atomic E-state index is 0.721. The Morgan fingerprint density at radius 2 is 1.82 bits per heavy atom. The quantitative estimate of drug-likeness (QED) is 0.792. The van der Waals surface area contributed by atoms with Crippen molar-refractivity contribution >= 4 is 0 Å². The first-order valence-electron chi connectivity index (χ1n) is 7.57. The van der Waals surface area contributed by atoms with E-state index in [1.54, 1.807) is 0 Å². The highest BCUT2D eigenvalue weighted by Crippen LogP contribution is 2.26. The number of hydrogen-bond donors (Lipinski definition) is 1. The van der Waals surface area contributed by atoms with E-state index >= 15 is 0 Å². The van der Waals surface area contributed by atoms with E-state index in [2.05, 4.69) is 37.9 Å². The molecule has 1 heterocycles. The minimum absolute atomic E-state index is 0.721. The molecule has 1 aliphatic heterocycles. The molecule has 0 aromatic rings. The fourth-order valence-corrected chi connectivity index (χ4v) is 3.03. The third-order valence-electron chi connectivity index (χ3n) is 4.82. The van der Waals surface area contributed by atoms with Gasteiger partial charge in [0.2, 0.25) is 0 Å². The van der Waals surface area contributed by atoms with Crippen LogP contribution in [-0.2, 0) is 0 Å². The Balaban J connectivity index is 1.80. The largest absolute Gasteiger partial charge is 0.314 e. The summed E-state index contributed by atoms with van der Waals surface area (Å²) in [6, 6.07) is 2.35. The van der Waals surface area contributed by atoms with Gasteiger partial charge in [0.25, 0.3) is 0 Å². The van der Waals surface area contributed by atoms with Gasteiger partial charge in [0.05, 0.1) is 0 Å². The Morgan fingerprint density at radius 1 is 1.12 bits per heavy atom. The van der Waals surface area contributed by atoms with E-state index in [1.807, 2.05) is 0 Å². The number of nitrogens with zero attached hydrogens (tertiary/aromatic N) is 1. The Kier molecular flexibility index (Phi) is 4.48. The van der Waals surface area contributed by atoms with Crippen LogP contribution in [0, 0.1) is 11.8 Å². The highest BCUT2D eigenvalue weighted by Gasteiger charge is 2.30. The van der Waals surface area contributed by atoms with Crippen molar-refractivity contribution < 1.29 is 0 Å². The van der Waals surface area contributed by atoms with Crippen molar-refractivity contribution in [2.24, 2.45) is 11.8 Å². The molecule has 2 nitrogen and oxygen atoms in total. The summed E-state index contributed by atoms with van der Waals surface area (Å²) < 4.78 is 0. The summed E-state index contributed by atoms with van der Waals surface area (Å²) in [6.45, 7) is 12.1. The van der Waals surface area contributed by atoms with Crippen LogP contribution in [0.5, 0.6) is 0 Å². The molecular formula is C15H30N2. The topological polar surface area (TPSA) is 15.3 Å². The molecule has 0 aromatic carbocycles. The Labute approximate surface area is 107 Å². The number of rotatable bonds is 5. The van der Waals surface area contributed by atoms with Gasteiger partial charge in [-0.3, -0.25) is 4.90 Å². The summed E-state index contributed by atoms with van der Waals surface area (Å²) in [7, 11) is 0. The van der Waals surface area contributed by atoms with Gasteiger partial charge in [-0.2, -0.15) is 0 Å². The van der Waals surface area contributed by atoms with E-state index in [1.165, 1.54) is 38.8 Å². The number of nitrogens with one attached hydrogen (secondary N) is 1. The average molecular weight is 238 g/mol.